The number of aliphatic carboxylic acids is 1. The molecule has 21 heavy (non-hydrogen) atoms. The molecule has 1 amide bonds. The quantitative estimate of drug-likeness (QED) is 0.866. The van der Waals surface area contributed by atoms with Crippen LogP contribution in [0.1, 0.15) is 57.8 Å². The molecule has 0 aromatic carbocycles. The van der Waals surface area contributed by atoms with Crippen molar-refractivity contribution in [3.63, 3.8) is 0 Å². The molecule has 0 bridgehead atoms. The van der Waals surface area contributed by atoms with Gasteiger partial charge in [-0.05, 0) is 25.7 Å². The van der Waals surface area contributed by atoms with Gasteiger partial charge in [-0.1, -0.05) is 25.7 Å². The molecule has 3 fully saturated rings. The van der Waals surface area contributed by atoms with Crippen molar-refractivity contribution in [1.29, 1.82) is 0 Å². The Balaban J connectivity index is 1.70. The van der Waals surface area contributed by atoms with Gasteiger partial charge in [0.2, 0.25) is 5.91 Å². The summed E-state index contributed by atoms with van der Waals surface area (Å²) in [4.78, 5) is 26.3. The standard InChI is InChI=1S/C16H25NO4/c18-14(11-16(15(19)20)7-3-4-8-16)17-9-10-21-13-6-2-1-5-12(13)17/h12-13H,1-11H2,(H,19,20). The summed E-state index contributed by atoms with van der Waals surface area (Å²) in [6.45, 7) is 1.21. The van der Waals surface area contributed by atoms with Crippen molar-refractivity contribution in [2.45, 2.75) is 69.9 Å². The van der Waals surface area contributed by atoms with E-state index in [2.05, 4.69) is 0 Å². The summed E-state index contributed by atoms with van der Waals surface area (Å²) in [6, 6.07) is 0.173. The third-order valence-corrected chi connectivity index (χ3v) is 5.56. The third-order valence-electron chi connectivity index (χ3n) is 5.56. The maximum absolute atomic E-state index is 12.7. The Kier molecular flexibility index (Phi) is 4.20. The molecule has 0 aromatic rings. The largest absolute Gasteiger partial charge is 0.481 e. The first-order chi connectivity index (χ1) is 10.1. The Morgan fingerprint density at radius 3 is 2.57 bits per heavy atom. The summed E-state index contributed by atoms with van der Waals surface area (Å²) in [7, 11) is 0. The maximum Gasteiger partial charge on any atom is 0.310 e. The van der Waals surface area contributed by atoms with E-state index in [-0.39, 0.29) is 24.5 Å². The van der Waals surface area contributed by atoms with Crippen LogP contribution in [0.25, 0.3) is 0 Å². The van der Waals surface area contributed by atoms with E-state index in [1.807, 2.05) is 4.90 Å². The first-order valence-corrected chi connectivity index (χ1v) is 8.27. The molecule has 3 aliphatic rings. The topological polar surface area (TPSA) is 66.8 Å². The summed E-state index contributed by atoms with van der Waals surface area (Å²) in [6.07, 6.45) is 7.81. The second-order valence-corrected chi connectivity index (χ2v) is 6.82. The average Bonchev–Trinajstić information content (AvgIpc) is 2.96. The van der Waals surface area contributed by atoms with E-state index >= 15 is 0 Å². The SMILES string of the molecule is O=C(CC1(C(=O)O)CCCC1)N1CCOC2CCCCC21. The predicted molar refractivity (Wildman–Crippen MR) is 76.9 cm³/mol. The van der Waals surface area contributed by atoms with Crippen LogP contribution in [0.15, 0.2) is 0 Å². The molecule has 1 heterocycles. The monoisotopic (exact) mass is 295 g/mol. The molecule has 0 radical (unpaired) electrons. The summed E-state index contributed by atoms with van der Waals surface area (Å²) in [5.41, 5.74) is -0.806. The molecule has 2 aliphatic carbocycles. The second kappa shape index (κ2) is 5.95. The summed E-state index contributed by atoms with van der Waals surface area (Å²) < 4.78 is 5.79. The third kappa shape index (κ3) is 2.80. The van der Waals surface area contributed by atoms with Crippen LogP contribution in [0.5, 0.6) is 0 Å². The number of rotatable bonds is 3. The molecule has 5 heteroatoms. The zero-order valence-corrected chi connectivity index (χ0v) is 12.6. The Morgan fingerprint density at radius 2 is 1.86 bits per heavy atom. The van der Waals surface area contributed by atoms with Crippen LogP contribution in [-0.4, -0.2) is 47.2 Å². The van der Waals surface area contributed by atoms with Crippen LogP contribution < -0.4 is 0 Å². The Hall–Kier alpha value is -1.10. The molecule has 1 N–H and O–H groups in total. The predicted octanol–water partition coefficient (Wildman–Crippen LogP) is 2.19. The van der Waals surface area contributed by atoms with Gasteiger partial charge in [-0.25, -0.2) is 0 Å². The molecule has 3 rings (SSSR count). The number of hydrogen-bond donors (Lipinski definition) is 1. The second-order valence-electron chi connectivity index (χ2n) is 6.82. The number of carbonyl (C=O) groups excluding carboxylic acids is 1. The van der Waals surface area contributed by atoms with Gasteiger partial charge in [-0.3, -0.25) is 9.59 Å². The van der Waals surface area contributed by atoms with Crippen molar-refractivity contribution >= 4 is 11.9 Å². The minimum atomic E-state index is -0.806. The summed E-state index contributed by atoms with van der Waals surface area (Å²) >= 11 is 0. The minimum Gasteiger partial charge on any atom is -0.481 e. The molecular formula is C16H25NO4. The lowest BCUT2D eigenvalue weighted by atomic mass is 9.81. The molecule has 2 unspecified atom stereocenters. The van der Waals surface area contributed by atoms with Crippen LogP contribution in [0.2, 0.25) is 0 Å². The van der Waals surface area contributed by atoms with Crippen molar-refractivity contribution in [2.75, 3.05) is 13.2 Å². The Morgan fingerprint density at radius 1 is 1.14 bits per heavy atom. The van der Waals surface area contributed by atoms with Gasteiger partial charge in [-0.15, -0.1) is 0 Å². The van der Waals surface area contributed by atoms with Crippen LogP contribution in [0.3, 0.4) is 0 Å². The van der Waals surface area contributed by atoms with Gasteiger partial charge < -0.3 is 14.7 Å². The van der Waals surface area contributed by atoms with Crippen molar-refractivity contribution in [3.8, 4) is 0 Å². The molecule has 2 atom stereocenters. The van der Waals surface area contributed by atoms with Crippen molar-refractivity contribution in [2.24, 2.45) is 5.41 Å². The van der Waals surface area contributed by atoms with E-state index in [0.29, 0.717) is 26.0 Å². The van der Waals surface area contributed by atoms with Crippen molar-refractivity contribution < 1.29 is 19.4 Å². The van der Waals surface area contributed by atoms with Gasteiger partial charge in [0.25, 0.3) is 0 Å². The first-order valence-electron chi connectivity index (χ1n) is 8.27. The lowest BCUT2D eigenvalue weighted by Crippen LogP contribution is -2.55. The van der Waals surface area contributed by atoms with E-state index in [4.69, 9.17) is 4.74 Å². The van der Waals surface area contributed by atoms with E-state index < -0.39 is 11.4 Å². The van der Waals surface area contributed by atoms with E-state index in [9.17, 15) is 14.7 Å². The Bertz CT molecular complexity index is 415. The van der Waals surface area contributed by atoms with Gasteiger partial charge >= 0.3 is 5.97 Å². The van der Waals surface area contributed by atoms with Gasteiger partial charge in [0.15, 0.2) is 0 Å². The zero-order chi connectivity index (χ0) is 14.9. The highest BCUT2D eigenvalue weighted by atomic mass is 16.5. The van der Waals surface area contributed by atoms with Crippen molar-refractivity contribution in [1.82, 2.24) is 4.90 Å². The van der Waals surface area contributed by atoms with Crippen molar-refractivity contribution in [3.05, 3.63) is 0 Å². The maximum atomic E-state index is 12.7. The van der Waals surface area contributed by atoms with Gasteiger partial charge in [-0.2, -0.15) is 0 Å². The molecule has 0 spiro atoms. The number of ether oxygens (including phenoxy) is 1. The zero-order valence-electron chi connectivity index (χ0n) is 12.6. The van der Waals surface area contributed by atoms with E-state index in [1.165, 1.54) is 6.42 Å². The number of fused-ring (bicyclic) bond motifs is 1. The molecule has 2 saturated carbocycles. The first kappa shape index (κ1) is 14.8. The molecule has 1 saturated heterocycles. The summed E-state index contributed by atoms with van der Waals surface area (Å²) in [5, 5.41) is 9.55. The lowest BCUT2D eigenvalue weighted by molar-refractivity contribution is -0.160. The van der Waals surface area contributed by atoms with Crippen LogP contribution in [-0.2, 0) is 14.3 Å². The number of carboxylic acids is 1. The van der Waals surface area contributed by atoms with Gasteiger partial charge in [0.1, 0.15) is 0 Å². The normalized spacial score (nSPS) is 31.7. The molecule has 118 valence electrons. The fourth-order valence-electron chi connectivity index (χ4n) is 4.32. The van der Waals surface area contributed by atoms with E-state index in [0.717, 1.165) is 32.1 Å². The lowest BCUT2D eigenvalue weighted by Gasteiger charge is -2.44. The van der Waals surface area contributed by atoms with Gasteiger partial charge in [0, 0.05) is 13.0 Å². The van der Waals surface area contributed by atoms with Crippen LogP contribution in [0.4, 0.5) is 0 Å². The number of hydrogen-bond acceptors (Lipinski definition) is 3. The van der Waals surface area contributed by atoms with Crippen LogP contribution in [0, 0.1) is 5.41 Å². The highest BCUT2D eigenvalue weighted by Crippen LogP contribution is 2.42. The molecule has 5 nitrogen and oxygen atoms in total. The fraction of sp³-hybridized carbons (Fsp3) is 0.875. The molecule has 0 aromatic heterocycles. The molecule has 1 aliphatic heterocycles. The number of nitrogens with zero attached hydrogens (tertiary/aromatic N) is 1. The summed E-state index contributed by atoms with van der Waals surface area (Å²) in [5.74, 6) is -0.763. The fourth-order valence-corrected chi connectivity index (χ4v) is 4.32. The molecular weight excluding hydrogens is 270 g/mol. The smallest absolute Gasteiger partial charge is 0.310 e. The number of amides is 1. The number of morpholine rings is 1. The van der Waals surface area contributed by atoms with Gasteiger partial charge in [0.05, 0.1) is 24.2 Å². The average molecular weight is 295 g/mol. The number of carboxylic acid groups (broad SMARTS) is 1. The Labute approximate surface area is 125 Å². The minimum absolute atomic E-state index is 0.0273. The highest BCUT2D eigenvalue weighted by Gasteiger charge is 2.45. The highest BCUT2D eigenvalue weighted by molar-refractivity contribution is 5.85. The number of carbonyl (C=O) groups is 2. The van der Waals surface area contributed by atoms with E-state index in [1.54, 1.807) is 0 Å². The van der Waals surface area contributed by atoms with Crippen LogP contribution >= 0.6 is 0 Å².